The second-order valence-corrected chi connectivity index (χ2v) is 6.74. The third-order valence-electron chi connectivity index (χ3n) is 4.70. The first-order chi connectivity index (χ1) is 13.8. The number of carbonyl (C=O) groups excluding carboxylic acids is 2. The Bertz CT molecular complexity index is 1130. The van der Waals surface area contributed by atoms with E-state index in [9.17, 15) is 23.6 Å². The summed E-state index contributed by atoms with van der Waals surface area (Å²) in [6.07, 6.45) is 0. The molecule has 0 aromatic heterocycles. The van der Waals surface area contributed by atoms with Gasteiger partial charge in [-0.3, -0.25) is 15.0 Å². The maximum Gasteiger partial charge on any atom is 0.227 e. The second-order valence-electron chi connectivity index (χ2n) is 6.35. The van der Waals surface area contributed by atoms with Crippen LogP contribution in [-0.4, -0.2) is 27.2 Å². The number of fused-ring (bicyclic) bond motifs is 1. The molecule has 1 heterocycles. The quantitative estimate of drug-likeness (QED) is 0.483. The predicted octanol–water partition coefficient (Wildman–Crippen LogP) is 1.99. The normalized spacial score (nSPS) is 16.7. The average molecular weight is 411 g/mol. The van der Waals surface area contributed by atoms with Gasteiger partial charge in [0.05, 0.1) is 0 Å². The molecule has 1 spiro atoms. The van der Waals surface area contributed by atoms with Gasteiger partial charge < -0.3 is 11.1 Å². The van der Waals surface area contributed by atoms with Crippen molar-refractivity contribution < 1.29 is 18.4 Å². The van der Waals surface area contributed by atoms with Crippen molar-refractivity contribution in [2.75, 3.05) is 5.32 Å². The molecule has 2 aromatic rings. The molecule has 0 bridgehead atoms. The Labute approximate surface area is 168 Å². The molecule has 0 unspecified atom stereocenters. The largest absolute Gasteiger partial charge is 0.383 e. The molecule has 0 fully saturated rings. The lowest BCUT2D eigenvalue weighted by Crippen LogP contribution is -2.61. The smallest absolute Gasteiger partial charge is 0.227 e. The van der Waals surface area contributed by atoms with E-state index >= 15 is 0 Å². The second kappa shape index (κ2) is 6.35. The highest BCUT2D eigenvalue weighted by atomic mass is 32.1. The number of hydrazine groups is 1. The Morgan fingerprint density at radius 3 is 2.21 bits per heavy atom. The lowest BCUT2D eigenvalue weighted by Gasteiger charge is -2.33. The molecule has 2 aromatic carbocycles. The fourth-order valence-corrected chi connectivity index (χ4v) is 3.82. The topological polar surface area (TPSA) is 111 Å². The molecule has 4 N–H and O–H groups in total. The summed E-state index contributed by atoms with van der Waals surface area (Å²) >= 11 is 5.27. The summed E-state index contributed by atoms with van der Waals surface area (Å²) in [5.74, 6) is -3.30. The minimum absolute atomic E-state index is 0.0520. The monoisotopic (exact) mass is 411 g/mol. The summed E-state index contributed by atoms with van der Waals surface area (Å²) in [5.41, 5.74) is 6.17. The lowest BCUT2D eigenvalue weighted by molar-refractivity contribution is 0.0690. The Hall–Kier alpha value is -3.84. The van der Waals surface area contributed by atoms with Crippen LogP contribution in [0.3, 0.4) is 0 Å². The van der Waals surface area contributed by atoms with E-state index in [2.05, 4.69) is 10.7 Å². The standard InChI is InChI=1S/C19H11F2N5O2S/c20-9-5-10(21)7-11(6-9)24-18(29)26-19(14(8-22)17(23)25-26)15(27)12-3-1-2-4-13(12)16(19)28/h1-7,25H,23H2,(H,24,29). The zero-order valence-corrected chi connectivity index (χ0v) is 15.3. The molecule has 144 valence electrons. The summed E-state index contributed by atoms with van der Waals surface area (Å²) in [6.45, 7) is 0. The first-order valence-corrected chi connectivity index (χ1v) is 8.64. The zero-order chi connectivity index (χ0) is 20.9. The molecule has 0 saturated carbocycles. The van der Waals surface area contributed by atoms with Crippen LogP contribution >= 0.6 is 12.2 Å². The molecule has 0 radical (unpaired) electrons. The summed E-state index contributed by atoms with van der Waals surface area (Å²) in [7, 11) is 0. The van der Waals surface area contributed by atoms with E-state index in [1.54, 1.807) is 12.1 Å². The van der Waals surface area contributed by atoms with E-state index < -0.39 is 28.7 Å². The number of nitrogens with two attached hydrogens (primary N) is 1. The number of halogens is 2. The summed E-state index contributed by atoms with van der Waals surface area (Å²) < 4.78 is 27.0. The fraction of sp³-hybridized carbons (Fsp3) is 0.0526. The van der Waals surface area contributed by atoms with Crippen LogP contribution in [0.1, 0.15) is 20.7 Å². The number of hydrogen-bond acceptors (Lipinski definition) is 6. The Kier molecular flexibility index (Phi) is 4.06. The van der Waals surface area contributed by atoms with Crippen molar-refractivity contribution >= 4 is 34.6 Å². The van der Waals surface area contributed by atoms with E-state index in [4.69, 9.17) is 18.0 Å². The van der Waals surface area contributed by atoms with Gasteiger partial charge in [0.15, 0.2) is 5.11 Å². The number of anilines is 1. The highest BCUT2D eigenvalue weighted by Gasteiger charge is 2.64. The molecule has 0 saturated heterocycles. The van der Waals surface area contributed by atoms with Crippen molar-refractivity contribution in [3.8, 4) is 6.07 Å². The number of rotatable bonds is 1. The van der Waals surface area contributed by atoms with Crippen molar-refractivity contribution in [1.29, 1.82) is 5.26 Å². The van der Waals surface area contributed by atoms with E-state index in [0.29, 0.717) is 6.07 Å². The summed E-state index contributed by atoms with van der Waals surface area (Å²) in [4.78, 5) is 26.5. The minimum Gasteiger partial charge on any atom is -0.383 e. The first kappa shape index (κ1) is 18.5. The number of Topliss-reactive ketones (excluding diaryl/α,β-unsaturated/α-hetero) is 2. The van der Waals surface area contributed by atoms with Gasteiger partial charge in [0.1, 0.15) is 29.1 Å². The number of nitrogens with one attached hydrogen (secondary N) is 2. The molecule has 7 nitrogen and oxygen atoms in total. The first-order valence-electron chi connectivity index (χ1n) is 8.23. The number of carbonyl (C=O) groups is 2. The number of ketones is 2. The van der Waals surface area contributed by atoms with Crippen molar-refractivity contribution in [3.05, 3.63) is 76.6 Å². The molecule has 1 aliphatic carbocycles. The molecule has 0 atom stereocenters. The lowest BCUT2D eigenvalue weighted by atomic mass is 9.85. The zero-order valence-electron chi connectivity index (χ0n) is 14.5. The maximum atomic E-state index is 13.5. The van der Waals surface area contributed by atoms with Crippen molar-refractivity contribution in [2.24, 2.45) is 5.73 Å². The Morgan fingerprint density at radius 1 is 1.14 bits per heavy atom. The fourth-order valence-electron chi connectivity index (χ4n) is 3.52. The van der Waals surface area contributed by atoms with Gasteiger partial charge in [0.25, 0.3) is 0 Å². The Balaban J connectivity index is 1.81. The van der Waals surface area contributed by atoms with Crippen molar-refractivity contribution in [1.82, 2.24) is 10.4 Å². The van der Waals surface area contributed by atoms with Gasteiger partial charge in [-0.25, -0.2) is 13.8 Å². The van der Waals surface area contributed by atoms with Crippen LogP contribution in [0.2, 0.25) is 0 Å². The number of nitriles is 1. The van der Waals surface area contributed by atoms with E-state index in [-0.39, 0.29) is 33.3 Å². The number of nitrogens with zero attached hydrogens (tertiary/aromatic N) is 2. The molecule has 0 amide bonds. The van der Waals surface area contributed by atoms with Crippen molar-refractivity contribution in [3.63, 3.8) is 0 Å². The van der Waals surface area contributed by atoms with E-state index in [1.165, 1.54) is 12.1 Å². The third kappa shape index (κ3) is 2.48. The van der Waals surface area contributed by atoms with Crippen LogP contribution in [0.5, 0.6) is 0 Å². The van der Waals surface area contributed by atoms with Crippen LogP contribution in [0.25, 0.3) is 0 Å². The van der Waals surface area contributed by atoms with E-state index in [0.717, 1.165) is 17.1 Å². The van der Waals surface area contributed by atoms with Gasteiger partial charge in [-0.05, 0) is 24.4 Å². The molecule has 10 heteroatoms. The number of thiocarbonyl (C=S) groups is 1. The highest BCUT2D eigenvalue weighted by molar-refractivity contribution is 7.80. The molecule has 1 aliphatic heterocycles. The SMILES string of the molecule is N#CC1=C(N)NN(C(=S)Nc2cc(F)cc(F)c2)C12C(=O)c1ccccc1C2=O. The van der Waals surface area contributed by atoms with Crippen molar-refractivity contribution in [2.45, 2.75) is 5.54 Å². The summed E-state index contributed by atoms with van der Waals surface area (Å²) in [5, 5.41) is 12.9. The highest BCUT2D eigenvalue weighted by Crippen LogP contribution is 2.42. The van der Waals surface area contributed by atoms with Gasteiger partial charge in [-0.15, -0.1) is 0 Å². The van der Waals surface area contributed by atoms with Crippen LogP contribution in [0, 0.1) is 23.0 Å². The maximum absolute atomic E-state index is 13.5. The van der Waals surface area contributed by atoms with Gasteiger partial charge in [-0.2, -0.15) is 5.26 Å². The van der Waals surface area contributed by atoms with Gasteiger partial charge in [0, 0.05) is 22.9 Å². The van der Waals surface area contributed by atoms with Crippen LogP contribution in [0.15, 0.2) is 53.9 Å². The van der Waals surface area contributed by atoms with Crippen LogP contribution in [-0.2, 0) is 0 Å². The summed E-state index contributed by atoms with van der Waals surface area (Å²) in [6, 6.07) is 10.5. The molecule has 2 aliphatic rings. The molecular formula is C19H11F2N5O2S. The average Bonchev–Trinajstić information content (AvgIpc) is 3.09. The molecular weight excluding hydrogens is 400 g/mol. The van der Waals surface area contributed by atoms with Gasteiger partial charge in [-0.1, -0.05) is 24.3 Å². The van der Waals surface area contributed by atoms with Gasteiger partial charge in [0.2, 0.25) is 17.1 Å². The Morgan fingerprint density at radius 2 is 1.69 bits per heavy atom. The van der Waals surface area contributed by atoms with Gasteiger partial charge >= 0.3 is 0 Å². The predicted molar refractivity (Wildman–Crippen MR) is 102 cm³/mol. The number of hydrogen-bond donors (Lipinski definition) is 3. The third-order valence-corrected chi connectivity index (χ3v) is 4.99. The van der Waals surface area contributed by atoms with Crippen LogP contribution in [0.4, 0.5) is 14.5 Å². The number of benzene rings is 2. The van der Waals surface area contributed by atoms with E-state index in [1.807, 2.05) is 6.07 Å². The molecule has 4 rings (SSSR count). The van der Waals surface area contributed by atoms with Crippen LogP contribution < -0.4 is 16.5 Å². The molecule has 29 heavy (non-hydrogen) atoms. The minimum atomic E-state index is -2.14.